The molecule has 3 unspecified atom stereocenters. The van der Waals surface area contributed by atoms with E-state index < -0.39 is 0 Å². The molecular weight excluding hydrogens is 265 g/mol. The van der Waals surface area contributed by atoms with E-state index in [0.717, 1.165) is 17.9 Å². The van der Waals surface area contributed by atoms with Gasteiger partial charge in [0.2, 0.25) is 0 Å². The Morgan fingerprint density at radius 1 is 1.33 bits per heavy atom. The molecule has 1 fully saturated rings. The molecule has 1 aliphatic rings. The van der Waals surface area contributed by atoms with Gasteiger partial charge in [-0.05, 0) is 42.7 Å². The molecule has 2 N–H and O–H groups in total. The van der Waals surface area contributed by atoms with Crippen LogP contribution in [0.2, 0.25) is 10.0 Å². The molecule has 3 atom stereocenters. The van der Waals surface area contributed by atoms with Crippen LogP contribution in [0.15, 0.2) is 18.2 Å². The molecule has 0 aliphatic heterocycles. The Balaban J connectivity index is 2.02. The monoisotopic (exact) mass is 285 g/mol. The molecule has 0 amide bonds. The second-order valence-corrected chi connectivity index (χ2v) is 6.40. The number of benzene rings is 1. The van der Waals surface area contributed by atoms with Gasteiger partial charge in [-0.15, -0.1) is 0 Å². The molecule has 0 heterocycles. The molecule has 18 heavy (non-hydrogen) atoms. The third-order valence-electron chi connectivity index (χ3n) is 4.07. The summed E-state index contributed by atoms with van der Waals surface area (Å²) in [5.74, 6) is 1.44. The first-order chi connectivity index (χ1) is 8.58. The predicted molar refractivity (Wildman–Crippen MR) is 79.3 cm³/mol. The van der Waals surface area contributed by atoms with Gasteiger partial charge in [0.25, 0.3) is 0 Å². The van der Waals surface area contributed by atoms with E-state index in [-0.39, 0.29) is 6.04 Å². The second kappa shape index (κ2) is 6.27. The van der Waals surface area contributed by atoms with Gasteiger partial charge >= 0.3 is 0 Å². The Kier molecular flexibility index (Phi) is 4.94. The highest BCUT2D eigenvalue weighted by Crippen LogP contribution is 2.33. The summed E-state index contributed by atoms with van der Waals surface area (Å²) in [4.78, 5) is 0. The summed E-state index contributed by atoms with van der Waals surface area (Å²) >= 11 is 12.3. The minimum Gasteiger partial charge on any atom is -0.327 e. The molecule has 0 aromatic heterocycles. The average molecular weight is 286 g/mol. The van der Waals surface area contributed by atoms with Gasteiger partial charge in [0, 0.05) is 6.04 Å². The van der Waals surface area contributed by atoms with Gasteiger partial charge in [-0.3, -0.25) is 0 Å². The first-order valence-corrected chi connectivity index (χ1v) is 7.52. The number of rotatable bonds is 3. The zero-order valence-corrected chi connectivity index (χ0v) is 12.3. The van der Waals surface area contributed by atoms with Crippen molar-refractivity contribution in [3.63, 3.8) is 0 Å². The lowest BCUT2D eigenvalue weighted by molar-refractivity contribution is 0.245. The molecule has 1 aromatic rings. The van der Waals surface area contributed by atoms with E-state index >= 15 is 0 Å². The maximum absolute atomic E-state index is 6.36. The molecule has 3 heteroatoms. The minimum atomic E-state index is 0.198. The van der Waals surface area contributed by atoms with Crippen molar-refractivity contribution in [2.45, 2.75) is 45.1 Å². The summed E-state index contributed by atoms with van der Waals surface area (Å²) in [6.45, 7) is 2.32. The molecule has 1 saturated carbocycles. The Hall–Kier alpha value is -0.240. The van der Waals surface area contributed by atoms with Crippen LogP contribution in [-0.2, 0) is 6.42 Å². The van der Waals surface area contributed by atoms with Crippen LogP contribution in [0.3, 0.4) is 0 Å². The second-order valence-electron chi connectivity index (χ2n) is 5.61. The van der Waals surface area contributed by atoms with Crippen molar-refractivity contribution in [3.8, 4) is 0 Å². The van der Waals surface area contributed by atoms with E-state index in [2.05, 4.69) is 6.92 Å². The zero-order valence-electron chi connectivity index (χ0n) is 10.8. The minimum absolute atomic E-state index is 0.198. The third kappa shape index (κ3) is 3.40. The normalized spacial score (nSPS) is 26.0. The quantitative estimate of drug-likeness (QED) is 0.857. The van der Waals surface area contributed by atoms with Crippen LogP contribution in [0, 0.1) is 11.8 Å². The van der Waals surface area contributed by atoms with Gasteiger partial charge < -0.3 is 5.73 Å². The van der Waals surface area contributed by atoms with Crippen LogP contribution in [0.25, 0.3) is 0 Å². The summed E-state index contributed by atoms with van der Waals surface area (Å²) in [6.07, 6.45) is 5.99. The highest BCUT2D eigenvalue weighted by molar-refractivity contribution is 6.42. The Bertz CT molecular complexity index is 405. The molecule has 2 rings (SSSR count). The fourth-order valence-corrected chi connectivity index (χ4v) is 3.39. The van der Waals surface area contributed by atoms with Gasteiger partial charge in [0.1, 0.15) is 0 Å². The average Bonchev–Trinajstić information content (AvgIpc) is 2.35. The summed E-state index contributed by atoms with van der Waals surface area (Å²) in [5, 5.41) is 1.29. The van der Waals surface area contributed by atoms with E-state index in [1.807, 2.05) is 18.2 Å². The number of hydrogen-bond donors (Lipinski definition) is 1. The lowest BCUT2D eigenvalue weighted by Gasteiger charge is -2.31. The number of nitrogens with two attached hydrogens (primary N) is 1. The first-order valence-electron chi connectivity index (χ1n) is 6.76. The lowest BCUT2D eigenvalue weighted by atomic mass is 9.77. The maximum atomic E-state index is 6.36. The predicted octanol–water partition coefficient (Wildman–Crippen LogP) is 4.69. The molecule has 1 aliphatic carbocycles. The largest absolute Gasteiger partial charge is 0.327 e. The molecule has 1 aromatic carbocycles. The molecule has 0 saturated heterocycles. The van der Waals surface area contributed by atoms with Crippen LogP contribution >= 0.6 is 23.2 Å². The summed E-state index contributed by atoms with van der Waals surface area (Å²) in [6, 6.07) is 5.99. The molecule has 0 spiro atoms. The van der Waals surface area contributed by atoms with Gasteiger partial charge in [0.15, 0.2) is 0 Å². The zero-order chi connectivity index (χ0) is 13.1. The van der Waals surface area contributed by atoms with Crippen molar-refractivity contribution in [1.82, 2.24) is 0 Å². The maximum Gasteiger partial charge on any atom is 0.0624 e. The molecule has 0 radical (unpaired) electrons. The van der Waals surface area contributed by atoms with Crippen LogP contribution in [0.5, 0.6) is 0 Å². The fraction of sp³-hybridized carbons (Fsp3) is 0.600. The Labute approximate surface area is 120 Å². The smallest absolute Gasteiger partial charge is 0.0624 e. The molecule has 100 valence electrons. The third-order valence-corrected chi connectivity index (χ3v) is 4.93. The molecular formula is C15H21Cl2N. The Morgan fingerprint density at radius 3 is 2.83 bits per heavy atom. The van der Waals surface area contributed by atoms with Gasteiger partial charge in [-0.2, -0.15) is 0 Å². The van der Waals surface area contributed by atoms with Gasteiger partial charge in [0.05, 0.1) is 10.0 Å². The highest BCUT2D eigenvalue weighted by atomic mass is 35.5. The SMILES string of the molecule is CC1CCCC(C(N)Cc2cccc(Cl)c2Cl)C1. The van der Waals surface area contributed by atoms with Crippen molar-refractivity contribution in [3.05, 3.63) is 33.8 Å². The fourth-order valence-electron chi connectivity index (χ4n) is 3.00. The van der Waals surface area contributed by atoms with Gasteiger partial charge in [-0.1, -0.05) is 55.1 Å². The number of hydrogen-bond acceptors (Lipinski definition) is 1. The topological polar surface area (TPSA) is 26.0 Å². The number of halogens is 2. The lowest BCUT2D eigenvalue weighted by Crippen LogP contribution is -2.35. The first kappa shape index (κ1) is 14.2. The van der Waals surface area contributed by atoms with E-state index in [1.54, 1.807) is 0 Å². The van der Waals surface area contributed by atoms with E-state index in [4.69, 9.17) is 28.9 Å². The van der Waals surface area contributed by atoms with Crippen molar-refractivity contribution >= 4 is 23.2 Å². The van der Waals surface area contributed by atoms with Crippen LogP contribution in [0.1, 0.15) is 38.2 Å². The van der Waals surface area contributed by atoms with E-state index in [9.17, 15) is 0 Å². The van der Waals surface area contributed by atoms with E-state index in [0.29, 0.717) is 16.0 Å². The van der Waals surface area contributed by atoms with Crippen molar-refractivity contribution in [1.29, 1.82) is 0 Å². The van der Waals surface area contributed by atoms with Crippen LogP contribution in [0.4, 0.5) is 0 Å². The van der Waals surface area contributed by atoms with Crippen LogP contribution in [-0.4, -0.2) is 6.04 Å². The molecule has 0 bridgehead atoms. The van der Waals surface area contributed by atoms with Crippen molar-refractivity contribution in [2.24, 2.45) is 17.6 Å². The van der Waals surface area contributed by atoms with Gasteiger partial charge in [-0.25, -0.2) is 0 Å². The summed E-state index contributed by atoms with van der Waals surface area (Å²) in [7, 11) is 0. The van der Waals surface area contributed by atoms with Crippen LogP contribution < -0.4 is 5.73 Å². The molecule has 1 nitrogen and oxygen atoms in total. The van der Waals surface area contributed by atoms with Crippen molar-refractivity contribution in [2.75, 3.05) is 0 Å². The summed E-state index contributed by atoms with van der Waals surface area (Å²) in [5.41, 5.74) is 7.44. The Morgan fingerprint density at radius 2 is 2.11 bits per heavy atom. The summed E-state index contributed by atoms with van der Waals surface area (Å²) < 4.78 is 0. The van der Waals surface area contributed by atoms with E-state index in [1.165, 1.54) is 25.7 Å². The van der Waals surface area contributed by atoms with Crippen molar-refractivity contribution < 1.29 is 0 Å². The highest BCUT2D eigenvalue weighted by Gasteiger charge is 2.24. The standard InChI is InChI=1S/C15H21Cl2N/c1-10-4-2-5-11(8-10)14(18)9-12-6-3-7-13(16)15(12)17/h3,6-7,10-11,14H,2,4-5,8-9,18H2,1H3.